The lowest BCUT2D eigenvalue weighted by atomic mass is 10.2. The van der Waals surface area contributed by atoms with E-state index in [0.717, 1.165) is 11.8 Å². The van der Waals surface area contributed by atoms with E-state index >= 15 is 0 Å². The van der Waals surface area contributed by atoms with Crippen molar-refractivity contribution in [2.45, 2.75) is 16.4 Å². The van der Waals surface area contributed by atoms with Gasteiger partial charge in [-0.05, 0) is 42.4 Å². The number of nitrogens with one attached hydrogen (secondary N) is 2. The number of aromatic nitrogens is 1. The Hall–Kier alpha value is -2.11. The van der Waals surface area contributed by atoms with Gasteiger partial charge in [0, 0.05) is 19.2 Å². The van der Waals surface area contributed by atoms with E-state index in [4.69, 9.17) is 47.0 Å². The van der Waals surface area contributed by atoms with Gasteiger partial charge in [-0.2, -0.15) is 0 Å². The molecule has 0 saturated carbocycles. The Bertz CT molecular complexity index is 1170. The van der Waals surface area contributed by atoms with Gasteiger partial charge in [0.15, 0.2) is 11.3 Å². The molecule has 1 aromatic carbocycles. The molecule has 1 saturated heterocycles. The first kappa shape index (κ1) is 26.5. The molecule has 34 heavy (non-hydrogen) atoms. The van der Waals surface area contributed by atoms with Crippen LogP contribution in [0, 0.1) is 0 Å². The lowest BCUT2D eigenvalue weighted by Gasteiger charge is -2.44. The third kappa shape index (κ3) is 7.44. The number of benzene rings is 1. The van der Waals surface area contributed by atoms with Crippen molar-refractivity contribution in [3.63, 3.8) is 0 Å². The second-order valence-electron chi connectivity index (χ2n) is 7.43. The zero-order chi connectivity index (χ0) is 24.9. The lowest BCUT2D eigenvalue weighted by Crippen LogP contribution is -2.62. The summed E-state index contributed by atoms with van der Waals surface area (Å²) in [6.07, 6.45) is 3.60. The van der Waals surface area contributed by atoms with Gasteiger partial charge in [-0.15, -0.1) is 0 Å². The summed E-state index contributed by atoms with van der Waals surface area (Å²) in [7, 11) is -3.50. The Morgan fingerprint density at radius 1 is 1.15 bits per heavy atom. The van der Waals surface area contributed by atoms with Crippen LogP contribution in [0.2, 0.25) is 0 Å². The number of carbonyl (C=O) groups excluding carboxylic acids is 1. The second-order valence-corrected chi connectivity index (χ2v) is 11.9. The first-order chi connectivity index (χ1) is 15.9. The van der Waals surface area contributed by atoms with E-state index in [1.807, 2.05) is 30.3 Å². The van der Waals surface area contributed by atoms with Crippen LogP contribution in [-0.4, -0.2) is 58.6 Å². The van der Waals surface area contributed by atoms with Gasteiger partial charge in [0.1, 0.15) is 11.6 Å². The summed E-state index contributed by atoms with van der Waals surface area (Å²) in [5.41, 5.74) is 0.844. The predicted octanol–water partition coefficient (Wildman–Crippen LogP) is 3.78. The Labute approximate surface area is 218 Å². The third-order valence-corrected chi connectivity index (χ3v) is 6.34. The first-order valence-electron chi connectivity index (χ1n) is 10.1. The summed E-state index contributed by atoms with van der Waals surface area (Å²) in [5.74, 6) is 0.108. The molecule has 13 heteroatoms. The van der Waals surface area contributed by atoms with Crippen LogP contribution in [0.3, 0.4) is 0 Å². The molecule has 8 nitrogen and oxygen atoms in total. The van der Waals surface area contributed by atoms with Crippen molar-refractivity contribution >= 4 is 85.8 Å². The van der Waals surface area contributed by atoms with E-state index < -0.39 is 25.9 Å². The summed E-state index contributed by atoms with van der Waals surface area (Å²) in [5, 5.41) is 3.00. The molecule has 182 valence electrons. The first-order valence-corrected chi connectivity index (χ1v) is 13.5. The average molecular weight is 563 g/mol. The number of rotatable bonds is 7. The SMILES string of the molecule is CS(=O)(=O)Nc1cccc(N2CCCN(C(NC(=O)/C=C/c3ccccc3)C(Cl)(Cl)Cl)C2=S)n1. The van der Waals surface area contributed by atoms with Gasteiger partial charge in [0.05, 0.1) is 6.26 Å². The third-order valence-electron chi connectivity index (χ3n) is 4.69. The summed E-state index contributed by atoms with van der Waals surface area (Å²) < 4.78 is 23.6. The predicted molar refractivity (Wildman–Crippen MR) is 142 cm³/mol. The number of halogens is 3. The largest absolute Gasteiger partial charge is 0.328 e. The van der Waals surface area contributed by atoms with E-state index in [1.54, 1.807) is 28.0 Å². The maximum absolute atomic E-state index is 12.6. The van der Waals surface area contributed by atoms with Gasteiger partial charge in [-0.1, -0.05) is 71.2 Å². The van der Waals surface area contributed by atoms with Gasteiger partial charge in [-0.25, -0.2) is 13.4 Å². The van der Waals surface area contributed by atoms with Crippen molar-refractivity contribution in [1.29, 1.82) is 0 Å². The number of hydrogen-bond acceptors (Lipinski definition) is 5. The van der Waals surface area contributed by atoms with Crippen molar-refractivity contribution < 1.29 is 13.2 Å². The van der Waals surface area contributed by atoms with Crippen LogP contribution in [0.4, 0.5) is 11.6 Å². The molecule has 2 N–H and O–H groups in total. The van der Waals surface area contributed by atoms with Gasteiger partial charge in [0.2, 0.25) is 19.7 Å². The van der Waals surface area contributed by atoms with Crippen LogP contribution >= 0.6 is 47.0 Å². The van der Waals surface area contributed by atoms with Crippen LogP contribution in [0.5, 0.6) is 0 Å². The summed E-state index contributed by atoms with van der Waals surface area (Å²) in [6, 6.07) is 14.2. The van der Waals surface area contributed by atoms with Gasteiger partial charge >= 0.3 is 0 Å². The molecular weight excluding hydrogens is 541 g/mol. The maximum atomic E-state index is 12.6. The number of sulfonamides is 1. The van der Waals surface area contributed by atoms with Crippen molar-refractivity contribution in [3.05, 3.63) is 60.2 Å². The van der Waals surface area contributed by atoms with E-state index in [2.05, 4.69) is 15.0 Å². The quantitative estimate of drug-likeness (QED) is 0.301. The van der Waals surface area contributed by atoms with Crippen LogP contribution in [0.1, 0.15) is 12.0 Å². The zero-order valence-electron chi connectivity index (χ0n) is 18.0. The number of anilines is 2. The highest BCUT2D eigenvalue weighted by Gasteiger charge is 2.42. The molecular formula is C21H22Cl3N5O3S2. The highest BCUT2D eigenvalue weighted by atomic mass is 35.6. The minimum absolute atomic E-state index is 0.150. The van der Waals surface area contributed by atoms with Gasteiger partial charge < -0.3 is 15.1 Å². The molecule has 0 radical (unpaired) electrons. The van der Waals surface area contributed by atoms with E-state index in [-0.39, 0.29) is 10.9 Å². The molecule has 1 aliphatic rings. The fraction of sp³-hybridized carbons (Fsp3) is 0.286. The van der Waals surface area contributed by atoms with Crippen LogP contribution < -0.4 is 14.9 Å². The molecule has 2 aromatic rings. The standard InChI is InChI=1S/C21H22Cl3N5O3S2/c1-34(31,32)27-16-9-5-10-17(25-16)28-13-6-14-29(20(28)33)19(21(22,23)24)26-18(30)12-11-15-7-3-2-4-8-15/h2-5,7-12,19H,6,13-14H2,1H3,(H,25,27)(H,26,30)/b12-11+. The summed E-state index contributed by atoms with van der Waals surface area (Å²) >= 11 is 24.3. The van der Waals surface area contributed by atoms with Crippen LogP contribution in [-0.2, 0) is 14.8 Å². The topological polar surface area (TPSA) is 94.6 Å². The molecule has 0 spiro atoms. The van der Waals surface area contributed by atoms with E-state index in [1.165, 1.54) is 12.1 Å². The molecule has 3 rings (SSSR count). The van der Waals surface area contributed by atoms with E-state index in [9.17, 15) is 13.2 Å². The summed E-state index contributed by atoms with van der Waals surface area (Å²) in [4.78, 5) is 20.3. The summed E-state index contributed by atoms with van der Waals surface area (Å²) in [6.45, 7) is 0.941. The zero-order valence-corrected chi connectivity index (χ0v) is 21.9. The molecule has 2 heterocycles. The highest BCUT2D eigenvalue weighted by Crippen LogP contribution is 2.34. The molecule has 0 aliphatic carbocycles. The fourth-order valence-corrected chi connectivity index (χ4v) is 4.67. The number of nitrogens with zero attached hydrogens (tertiary/aromatic N) is 3. The molecule has 1 aliphatic heterocycles. The molecule has 1 amide bonds. The number of alkyl halides is 3. The number of carbonyl (C=O) groups is 1. The van der Waals surface area contributed by atoms with Crippen molar-refractivity contribution in [1.82, 2.24) is 15.2 Å². The molecule has 0 bridgehead atoms. The van der Waals surface area contributed by atoms with Crippen molar-refractivity contribution in [3.8, 4) is 0 Å². The molecule has 1 fully saturated rings. The van der Waals surface area contributed by atoms with Gasteiger partial charge in [0.25, 0.3) is 0 Å². The monoisotopic (exact) mass is 561 g/mol. The Morgan fingerprint density at radius 3 is 2.50 bits per heavy atom. The number of amides is 1. The highest BCUT2D eigenvalue weighted by molar-refractivity contribution is 7.92. The minimum atomic E-state index is -3.50. The molecule has 1 aromatic heterocycles. The van der Waals surface area contributed by atoms with Crippen molar-refractivity contribution in [2.75, 3.05) is 29.0 Å². The molecule has 1 unspecified atom stereocenters. The number of thiocarbonyl (C=S) groups is 1. The Morgan fingerprint density at radius 2 is 1.85 bits per heavy atom. The fourth-order valence-electron chi connectivity index (χ4n) is 3.27. The second kappa shape index (κ2) is 11.1. The lowest BCUT2D eigenvalue weighted by molar-refractivity contribution is -0.117. The number of pyridine rings is 1. The average Bonchev–Trinajstić information content (AvgIpc) is 2.75. The maximum Gasteiger partial charge on any atom is 0.245 e. The van der Waals surface area contributed by atoms with Crippen LogP contribution in [0.25, 0.3) is 6.08 Å². The number of hydrogen-bond donors (Lipinski definition) is 2. The molecule has 1 atom stereocenters. The van der Waals surface area contributed by atoms with E-state index in [0.29, 0.717) is 25.3 Å². The Balaban J connectivity index is 1.80. The smallest absolute Gasteiger partial charge is 0.245 e. The van der Waals surface area contributed by atoms with Crippen molar-refractivity contribution in [2.24, 2.45) is 0 Å². The minimum Gasteiger partial charge on any atom is -0.328 e. The normalized spacial score (nSPS) is 15.9. The van der Waals surface area contributed by atoms with Gasteiger partial charge in [-0.3, -0.25) is 9.52 Å². The van der Waals surface area contributed by atoms with Crippen LogP contribution in [0.15, 0.2) is 54.6 Å². The Kier molecular flexibility index (Phi) is 8.64.